The molecule has 0 bridgehead atoms. The molecule has 0 unspecified atom stereocenters. The number of anilines is 2. The average molecular weight is 485 g/mol. The van der Waals surface area contributed by atoms with Crippen LogP contribution >= 0.6 is 0 Å². The molecule has 5 rings (SSSR count). The maximum absolute atomic E-state index is 12.6. The molecule has 2 aromatic heterocycles. The summed E-state index contributed by atoms with van der Waals surface area (Å²) in [4.78, 5) is 19.0. The molecule has 36 heavy (non-hydrogen) atoms. The molecule has 9 nitrogen and oxygen atoms in total. The van der Waals surface area contributed by atoms with E-state index in [4.69, 9.17) is 9.47 Å². The predicted octanol–water partition coefficient (Wildman–Crippen LogP) is 4.58. The minimum absolute atomic E-state index is 0.360. The first kappa shape index (κ1) is 23.5. The molecule has 2 amide bonds. The van der Waals surface area contributed by atoms with E-state index in [9.17, 15) is 4.79 Å². The van der Waals surface area contributed by atoms with Crippen molar-refractivity contribution in [2.75, 3.05) is 43.5 Å². The van der Waals surface area contributed by atoms with Crippen LogP contribution in [0.5, 0.6) is 11.5 Å². The van der Waals surface area contributed by atoms with Crippen molar-refractivity contribution in [2.45, 2.75) is 6.42 Å². The Kier molecular flexibility index (Phi) is 7.50. The maximum Gasteiger partial charge on any atom is 0.324 e. The van der Waals surface area contributed by atoms with E-state index < -0.39 is 0 Å². The van der Waals surface area contributed by atoms with Crippen molar-refractivity contribution in [3.8, 4) is 17.2 Å². The smallest absolute Gasteiger partial charge is 0.324 e. The molecular formula is C27H28N6O3. The number of pyridine rings is 1. The number of carbonyl (C=O) groups is 1. The lowest BCUT2D eigenvalue weighted by atomic mass is 10.1. The summed E-state index contributed by atoms with van der Waals surface area (Å²) in [7, 11) is 0. The highest BCUT2D eigenvalue weighted by molar-refractivity contribution is 5.99. The molecule has 2 N–H and O–H groups in total. The number of amides is 2. The number of nitrogens with one attached hydrogen (secondary N) is 2. The fourth-order valence-electron chi connectivity index (χ4n) is 3.95. The summed E-state index contributed by atoms with van der Waals surface area (Å²) in [5.74, 6) is 1.94. The van der Waals surface area contributed by atoms with Crippen LogP contribution in [0.15, 0.2) is 85.3 Å². The highest BCUT2D eigenvalue weighted by atomic mass is 16.5. The number of urea groups is 1. The lowest BCUT2D eigenvalue weighted by Gasteiger charge is -2.26. The zero-order valence-electron chi connectivity index (χ0n) is 19.8. The van der Waals surface area contributed by atoms with Gasteiger partial charge in [0.2, 0.25) is 0 Å². The Bertz CT molecular complexity index is 1250. The van der Waals surface area contributed by atoms with Crippen LogP contribution in [0.25, 0.3) is 5.69 Å². The standard InChI is InChI=1S/C27H28N6O3/c34-27(30-22-3-7-24(8-4-22)36-25-9-13-28-14-10-25)31-26-11-15-29-33(26)23-5-1-21(2-6-23)12-16-32-17-19-35-20-18-32/h1-11,13-15H,12,16-20H2,(H2,30,31,34). The third kappa shape index (κ3) is 6.26. The van der Waals surface area contributed by atoms with Gasteiger partial charge >= 0.3 is 6.03 Å². The van der Waals surface area contributed by atoms with Crippen molar-refractivity contribution in [3.05, 3.63) is 90.9 Å². The number of carbonyl (C=O) groups excluding carboxylic acids is 1. The van der Waals surface area contributed by atoms with Gasteiger partial charge in [0.25, 0.3) is 0 Å². The van der Waals surface area contributed by atoms with Crippen molar-refractivity contribution in [3.63, 3.8) is 0 Å². The van der Waals surface area contributed by atoms with E-state index in [0.717, 1.165) is 45.0 Å². The van der Waals surface area contributed by atoms with Gasteiger partial charge in [0, 0.05) is 43.8 Å². The monoisotopic (exact) mass is 484 g/mol. The van der Waals surface area contributed by atoms with E-state index in [0.29, 0.717) is 23.0 Å². The van der Waals surface area contributed by atoms with Crippen LogP contribution in [0.2, 0.25) is 0 Å². The summed E-state index contributed by atoms with van der Waals surface area (Å²) in [6, 6.07) is 20.4. The zero-order valence-corrected chi connectivity index (χ0v) is 19.8. The third-order valence-corrected chi connectivity index (χ3v) is 5.88. The van der Waals surface area contributed by atoms with Gasteiger partial charge in [-0.15, -0.1) is 0 Å². The normalized spacial score (nSPS) is 13.8. The molecule has 1 saturated heterocycles. The first-order valence-corrected chi connectivity index (χ1v) is 11.9. The summed E-state index contributed by atoms with van der Waals surface area (Å²) in [6.07, 6.45) is 5.98. The number of rotatable bonds is 8. The number of morpholine rings is 1. The summed E-state index contributed by atoms with van der Waals surface area (Å²) < 4.78 is 12.9. The molecule has 1 aliphatic heterocycles. The van der Waals surface area contributed by atoms with E-state index in [1.54, 1.807) is 65.7 Å². The van der Waals surface area contributed by atoms with E-state index in [1.165, 1.54) is 5.56 Å². The van der Waals surface area contributed by atoms with Gasteiger partial charge in [0.1, 0.15) is 17.3 Å². The van der Waals surface area contributed by atoms with Crippen LogP contribution in [0.3, 0.4) is 0 Å². The number of hydrogen-bond acceptors (Lipinski definition) is 6. The van der Waals surface area contributed by atoms with Gasteiger partial charge in [-0.05, 0) is 60.5 Å². The van der Waals surface area contributed by atoms with Crippen molar-refractivity contribution >= 4 is 17.5 Å². The molecule has 9 heteroatoms. The molecule has 1 fully saturated rings. The van der Waals surface area contributed by atoms with Gasteiger partial charge in [-0.25, -0.2) is 9.48 Å². The summed E-state index contributed by atoms with van der Waals surface area (Å²) in [5.41, 5.74) is 2.79. The van der Waals surface area contributed by atoms with Crippen LogP contribution in [0, 0.1) is 0 Å². The van der Waals surface area contributed by atoms with Crippen molar-refractivity contribution in [1.29, 1.82) is 0 Å². The molecule has 0 aliphatic carbocycles. The fourth-order valence-corrected chi connectivity index (χ4v) is 3.95. The highest BCUT2D eigenvalue weighted by Gasteiger charge is 2.12. The molecule has 3 heterocycles. The van der Waals surface area contributed by atoms with Gasteiger partial charge in [-0.1, -0.05) is 12.1 Å². The Morgan fingerprint density at radius 2 is 1.58 bits per heavy atom. The quantitative estimate of drug-likeness (QED) is 0.380. The Balaban J connectivity index is 1.15. The second kappa shape index (κ2) is 11.5. The lowest BCUT2D eigenvalue weighted by molar-refractivity contribution is 0.0384. The Morgan fingerprint density at radius 3 is 2.33 bits per heavy atom. The largest absolute Gasteiger partial charge is 0.457 e. The highest BCUT2D eigenvalue weighted by Crippen LogP contribution is 2.22. The van der Waals surface area contributed by atoms with Gasteiger partial charge in [-0.3, -0.25) is 15.2 Å². The predicted molar refractivity (Wildman–Crippen MR) is 138 cm³/mol. The summed E-state index contributed by atoms with van der Waals surface area (Å²) in [5, 5.41) is 10.1. The fraction of sp³-hybridized carbons (Fsp3) is 0.222. The number of ether oxygens (including phenoxy) is 2. The number of hydrogen-bond donors (Lipinski definition) is 2. The Labute approximate surface area is 209 Å². The topological polar surface area (TPSA) is 93.5 Å². The van der Waals surface area contributed by atoms with E-state index >= 15 is 0 Å². The SMILES string of the molecule is O=C(Nc1ccc(Oc2ccncc2)cc1)Nc1ccnn1-c1ccc(CCN2CCOCC2)cc1. The molecule has 184 valence electrons. The average Bonchev–Trinajstić information content (AvgIpc) is 3.38. The molecule has 2 aromatic carbocycles. The molecule has 0 radical (unpaired) electrons. The molecule has 0 saturated carbocycles. The molecule has 0 spiro atoms. The lowest BCUT2D eigenvalue weighted by Crippen LogP contribution is -2.37. The first-order valence-electron chi connectivity index (χ1n) is 11.9. The van der Waals surface area contributed by atoms with Crippen LogP contribution in [-0.4, -0.2) is 58.5 Å². The molecule has 1 aliphatic rings. The van der Waals surface area contributed by atoms with Gasteiger partial charge in [0.15, 0.2) is 0 Å². The minimum atomic E-state index is -0.360. The van der Waals surface area contributed by atoms with Crippen molar-refractivity contribution < 1.29 is 14.3 Å². The van der Waals surface area contributed by atoms with E-state index in [1.807, 2.05) is 12.1 Å². The van der Waals surface area contributed by atoms with Crippen LogP contribution < -0.4 is 15.4 Å². The number of aromatic nitrogens is 3. The number of nitrogens with zero attached hydrogens (tertiary/aromatic N) is 4. The van der Waals surface area contributed by atoms with E-state index in [2.05, 4.69) is 37.7 Å². The van der Waals surface area contributed by atoms with Gasteiger partial charge < -0.3 is 14.8 Å². The minimum Gasteiger partial charge on any atom is -0.457 e. The maximum atomic E-state index is 12.6. The van der Waals surface area contributed by atoms with E-state index in [-0.39, 0.29) is 6.03 Å². The van der Waals surface area contributed by atoms with Crippen molar-refractivity contribution in [1.82, 2.24) is 19.7 Å². The Morgan fingerprint density at radius 1 is 0.861 bits per heavy atom. The molecule has 0 atom stereocenters. The van der Waals surface area contributed by atoms with Crippen LogP contribution in [0.1, 0.15) is 5.56 Å². The van der Waals surface area contributed by atoms with Crippen LogP contribution in [0.4, 0.5) is 16.3 Å². The summed E-state index contributed by atoms with van der Waals surface area (Å²) >= 11 is 0. The molecular weight excluding hydrogens is 456 g/mol. The third-order valence-electron chi connectivity index (χ3n) is 5.88. The zero-order chi connectivity index (χ0) is 24.6. The number of benzene rings is 2. The van der Waals surface area contributed by atoms with Gasteiger partial charge in [-0.2, -0.15) is 5.10 Å². The Hall–Kier alpha value is -4.21. The summed E-state index contributed by atoms with van der Waals surface area (Å²) in [6.45, 7) is 4.63. The molecule has 4 aromatic rings. The second-order valence-electron chi connectivity index (χ2n) is 8.39. The van der Waals surface area contributed by atoms with Gasteiger partial charge in [0.05, 0.1) is 25.1 Å². The van der Waals surface area contributed by atoms with Crippen LogP contribution in [-0.2, 0) is 11.2 Å². The van der Waals surface area contributed by atoms with Crippen molar-refractivity contribution in [2.24, 2.45) is 0 Å². The first-order chi connectivity index (χ1) is 17.7. The second-order valence-corrected chi connectivity index (χ2v) is 8.39.